The minimum Gasteiger partial charge on any atom is -0.478 e. The van der Waals surface area contributed by atoms with Gasteiger partial charge in [0.2, 0.25) is 0 Å². The van der Waals surface area contributed by atoms with E-state index in [4.69, 9.17) is 14.9 Å². The van der Waals surface area contributed by atoms with Crippen LogP contribution in [0.4, 0.5) is 0 Å². The number of carboxylic acid groups (broad SMARTS) is 2. The Balaban J connectivity index is 0.000000387. The van der Waals surface area contributed by atoms with Gasteiger partial charge in [-0.25, -0.2) is 9.59 Å². The molecule has 0 fully saturated rings. The van der Waals surface area contributed by atoms with Crippen LogP contribution in [-0.4, -0.2) is 71.0 Å². The number of aliphatic hydroxyl groups excluding tert-OH is 1. The van der Waals surface area contributed by atoms with E-state index in [-0.39, 0.29) is 0 Å². The van der Waals surface area contributed by atoms with Crippen LogP contribution in [0.15, 0.2) is 48.7 Å². The molecule has 1 unspecified atom stereocenters. The maximum Gasteiger partial charge on any atom is 0.328 e. The molecule has 0 aliphatic carbocycles. The van der Waals surface area contributed by atoms with Gasteiger partial charge in [-0.05, 0) is 37.9 Å². The summed E-state index contributed by atoms with van der Waals surface area (Å²) in [6, 6.07) is 9.67. The van der Waals surface area contributed by atoms with Crippen molar-refractivity contribution in [1.82, 2.24) is 9.88 Å². The van der Waals surface area contributed by atoms with Crippen LogP contribution in [0.25, 0.3) is 10.9 Å². The third-order valence-corrected chi connectivity index (χ3v) is 3.34. The molecule has 0 aliphatic heterocycles. The predicted molar refractivity (Wildman–Crippen MR) is 100 cm³/mol. The minimum atomic E-state index is -1.26. The molecule has 0 amide bonds. The number of rotatable bonds is 8. The number of hydrogen-bond donors (Lipinski definition) is 3. The Morgan fingerprint density at radius 3 is 2.44 bits per heavy atom. The minimum absolute atomic E-state index is 0.319. The Kier molecular flexibility index (Phi) is 9.66. The van der Waals surface area contributed by atoms with Crippen LogP contribution in [0.2, 0.25) is 0 Å². The molecule has 8 nitrogen and oxygen atoms in total. The van der Waals surface area contributed by atoms with E-state index in [1.165, 1.54) is 0 Å². The van der Waals surface area contributed by atoms with Gasteiger partial charge in [0, 0.05) is 30.3 Å². The SMILES string of the molecule is CN(C)CCOCC(O)c1ccc2ncccc2c1.O=C(O)/C=C/C(=O)O. The van der Waals surface area contributed by atoms with Crippen LogP contribution in [0.3, 0.4) is 0 Å². The Morgan fingerprint density at radius 1 is 1.19 bits per heavy atom. The van der Waals surface area contributed by atoms with Gasteiger partial charge in [0.05, 0.1) is 18.7 Å². The molecule has 1 atom stereocenters. The zero-order valence-electron chi connectivity index (χ0n) is 15.3. The van der Waals surface area contributed by atoms with Crippen molar-refractivity contribution in [2.45, 2.75) is 6.10 Å². The number of ether oxygens (including phenoxy) is 1. The largest absolute Gasteiger partial charge is 0.478 e. The number of pyridine rings is 1. The first-order valence-electron chi connectivity index (χ1n) is 8.18. The number of aliphatic hydroxyl groups is 1. The zero-order valence-corrected chi connectivity index (χ0v) is 15.3. The van der Waals surface area contributed by atoms with Crippen molar-refractivity contribution in [3.05, 3.63) is 54.2 Å². The third-order valence-electron chi connectivity index (χ3n) is 3.34. The monoisotopic (exact) mass is 376 g/mol. The molecule has 0 spiro atoms. The molecular formula is C19H24N2O6. The number of fused-ring (bicyclic) bond motifs is 1. The number of benzene rings is 1. The van der Waals surface area contributed by atoms with Crippen molar-refractivity contribution in [2.24, 2.45) is 0 Å². The standard InChI is InChI=1S/C15H20N2O2.C4H4O4/c1-17(2)8-9-19-11-15(18)13-5-6-14-12(10-13)4-3-7-16-14;5-3(6)1-2-4(7)8/h3-7,10,15,18H,8-9,11H2,1-2H3;1-2H,(H,5,6)(H,7,8)/b;2-1+. The van der Waals surface area contributed by atoms with Gasteiger partial charge in [-0.15, -0.1) is 0 Å². The molecule has 0 radical (unpaired) electrons. The van der Waals surface area contributed by atoms with Crippen LogP contribution >= 0.6 is 0 Å². The fourth-order valence-electron chi connectivity index (χ4n) is 1.98. The fourth-order valence-corrected chi connectivity index (χ4v) is 1.98. The fraction of sp³-hybridized carbons (Fsp3) is 0.316. The number of aliphatic carboxylic acids is 2. The van der Waals surface area contributed by atoms with Gasteiger partial charge in [-0.1, -0.05) is 12.1 Å². The number of carboxylic acids is 2. The molecule has 0 bridgehead atoms. The van der Waals surface area contributed by atoms with E-state index in [1.54, 1.807) is 6.20 Å². The van der Waals surface area contributed by atoms with E-state index in [9.17, 15) is 14.7 Å². The molecule has 27 heavy (non-hydrogen) atoms. The van der Waals surface area contributed by atoms with E-state index >= 15 is 0 Å². The second-order valence-electron chi connectivity index (χ2n) is 5.86. The number of hydrogen-bond acceptors (Lipinski definition) is 6. The van der Waals surface area contributed by atoms with E-state index in [2.05, 4.69) is 4.98 Å². The molecule has 1 aromatic heterocycles. The smallest absolute Gasteiger partial charge is 0.328 e. The van der Waals surface area contributed by atoms with E-state index < -0.39 is 18.0 Å². The lowest BCUT2D eigenvalue weighted by Gasteiger charge is -2.14. The molecule has 0 saturated carbocycles. The summed E-state index contributed by atoms with van der Waals surface area (Å²) in [6.45, 7) is 1.80. The Bertz CT molecular complexity index is 760. The van der Waals surface area contributed by atoms with Gasteiger partial charge in [0.1, 0.15) is 6.10 Å². The molecule has 3 N–H and O–H groups in total. The Morgan fingerprint density at radius 2 is 1.85 bits per heavy atom. The zero-order chi connectivity index (χ0) is 20.2. The predicted octanol–water partition coefficient (Wildman–Crippen LogP) is 1.56. The first-order chi connectivity index (χ1) is 12.8. The second kappa shape index (κ2) is 11.7. The van der Waals surface area contributed by atoms with Crippen molar-refractivity contribution in [2.75, 3.05) is 33.9 Å². The molecule has 1 aromatic carbocycles. The molecule has 0 saturated heterocycles. The third kappa shape index (κ3) is 9.45. The van der Waals surface area contributed by atoms with Crippen molar-refractivity contribution in [3.8, 4) is 0 Å². The average Bonchev–Trinajstić information content (AvgIpc) is 2.63. The number of nitrogens with zero attached hydrogens (tertiary/aromatic N) is 2. The lowest BCUT2D eigenvalue weighted by molar-refractivity contribution is -0.134. The van der Waals surface area contributed by atoms with Crippen LogP contribution in [0.5, 0.6) is 0 Å². The molecule has 1 heterocycles. The topological polar surface area (TPSA) is 120 Å². The molecule has 8 heteroatoms. The Labute approximate surface area is 157 Å². The van der Waals surface area contributed by atoms with Crippen LogP contribution in [0.1, 0.15) is 11.7 Å². The van der Waals surface area contributed by atoms with Crippen molar-refractivity contribution in [1.29, 1.82) is 0 Å². The van der Waals surface area contributed by atoms with Crippen molar-refractivity contribution < 1.29 is 29.6 Å². The summed E-state index contributed by atoms with van der Waals surface area (Å²) in [5, 5.41) is 26.7. The highest BCUT2D eigenvalue weighted by Gasteiger charge is 2.08. The van der Waals surface area contributed by atoms with Gasteiger partial charge in [-0.3, -0.25) is 4.98 Å². The lowest BCUT2D eigenvalue weighted by Crippen LogP contribution is -2.19. The van der Waals surface area contributed by atoms with Gasteiger partial charge in [0.25, 0.3) is 0 Å². The van der Waals surface area contributed by atoms with E-state index in [1.807, 2.05) is 49.3 Å². The highest BCUT2D eigenvalue weighted by molar-refractivity contribution is 5.89. The summed E-state index contributed by atoms with van der Waals surface area (Å²) >= 11 is 0. The van der Waals surface area contributed by atoms with Gasteiger partial charge >= 0.3 is 11.9 Å². The quantitative estimate of drug-likeness (QED) is 0.469. The first-order valence-corrected chi connectivity index (χ1v) is 8.18. The molecule has 2 rings (SSSR count). The number of aromatic nitrogens is 1. The maximum atomic E-state index is 10.1. The normalized spacial score (nSPS) is 12.0. The van der Waals surface area contributed by atoms with Crippen molar-refractivity contribution in [3.63, 3.8) is 0 Å². The lowest BCUT2D eigenvalue weighted by atomic mass is 10.1. The van der Waals surface area contributed by atoms with Gasteiger partial charge in [-0.2, -0.15) is 0 Å². The molecular weight excluding hydrogens is 352 g/mol. The summed E-state index contributed by atoms with van der Waals surface area (Å²) in [6.07, 6.45) is 2.29. The second-order valence-corrected chi connectivity index (χ2v) is 5.86. The summed E-state index contributed by atoms with van der Waals surface area (Å²) in [5.41, 5.74) is 1.80. The Hall–Kier alpha value is -2.81. The highest BCUT2D eigenvalue weighted by Crippen LogP contribution is 2.19. The van der Waals surface area contributed by atoms with Crippen molar-refractivity contribution >= 4 is 22.8 Å². The summed E-state index contributed by atoms with van der Waals surface area (Å²) in [7, 11) is 3.99. The highest BCUT2D eigenvalue weighted by atomic mass is 16.5. The molecule has 2 aromatic rings. The van der Waals surface area contributed by atoms with Gasteiger partial charge < -0.3 is 25.0 Å². The molecule has 146 valence electrons. The van der Waals surface area contributed by atoms with Crippen LogP contribution < -0.4 is 0 Å². The van der Waals surface area contributed by atoms with Crippen LogP contribution in [-0.2, 0) is 14.3 Å². The summed E-state index contributed by atoms with van der Waals surface area (Å²) < 4.78 is 5.47. The maximum absolute atomic E-state index is 10.1. The van der Waals surface area contributed by atoms with Crippen LogP contribution in [0, 0.1) is 0 Å². The summed E-state index contributed by atoms with van der Waals surface area (Å²) in [4.78, 5) is 25.4. The van der Waals surface area contributed by atoms with Gasteiger partial charge in [0.15, 0.2) is 0 Å². The first kappa shape index (κ1) is 22.2. The summed E-state index contributed by atoms with van der Waals surface area (Å²) in [5.74, 6) is -2.51. The number of likely N-dealkylation sites (N-methyl/N-ethyl adjacent to an activating group) is 1. The average molecular weight is 376 g/mol. The van der Waals surface area contributed by atoms with E-state index in [0.717, 1.165) is 23.0 Å². The number of carbonyl (C=O) groups is 2. The molecule has 0 aliphatic rings. The van der Waals surface area contributed by atoms with E-state index in [0.29, 0.717) is 25.4 Å².